The van der Waals surface area contributed by atoms with Crippen LogP contribution in [0.5, 0.6) is 5.75 Å². The second kappa shape index (κ2) is 10.2. The highest BCUT2D eigenvalue weighted by Crippen LogP contribution is 2.23. The van der Waals surface area contributed by atoms with E-state index in [0.29, 0.717) is 23.9 Å². The molecule has 2 atom stereocenters. The van der Waals surface area contributed by atoms with Crippen LogP contribution in [0.25, 0.3) is 0 Å². The van der Waals surface area contributed by atoms with Crippen molar-refractivity contribution in [3.63, 3.8) is 0 Å². The number of carbonyl (C=O) groups excluding carboxylic acids is 1. The van der Waals surface area contributed by atoms with E-state index in [-0.39, 0.29) is 12.0 Å². The maximum Gasteiger partial charge on any atom is 0.263 e. The standard InChI is InChI=1S/C24H31ClN2O3/c1-17-14-21(11-12-23(17)25)30-18(2)24(28)27(16-22-6-5-13-29-22)15-19-7-9-20(10-8-19)26(3)4/h7-12,14,18,22H,5-6,13,15-16H2,1-4H3. The molecule has 0 aliphatic carbocycles. The monoisotopic (exact) mass is 430 g/mol. The Kier molecular flexibility index (Phi) is 7.62. The van der Waals surface area contributed by atoms with Crippen LogP contribution in [0.15, 0.2) is 42.5 Å². The molecule has 0 aromatic heterocycles. The third-order valence-corrected chi connectivity index (χ3v) is 5.80. The molecule has 1 heterocycles. The summed E-state index contributed by atoms with van der Waals surface area (Å²) in [6.45, 7) is 5.58. The molecule has 1 saturated heterocycles. The fourth-order valence-corrected chi connectivity index (χ4v) is 3.71. The Balaban J connectivity index is 1.72. The van der Waals surface area contributed by atoms with Crippen LogP contribution in [0.3, 0.4) is 0 Å². The number of benzene rings is 2. The molecule has 2 aromatic rings. The summed E-state index contributed by atoms with van der Waals surface area (Å²) in [5, 5.41) is 0.683. The summed E-state index contributed by atoms with van der Waals surface area (Å²) >= 11 is 6.10. The van der Waals surface area contributed by atoms with Crippen molar-refractivity contribution >= 4 is 23.2 Å². The van der Waals surface area contributed by atoms with Crippen molar-refractivity contribution < 1.29 is 14.3 Å². The van der Waals surface area contributed by atoms with Gasteiger partial charge in [0, 0.05) is 44.5 Å². The third-order valence-electron chi connectivity index (χ3n) is 5.38. The number of nitrogens with zero attached hydrogens (tertiary/aromatic N) is 2. The molecule has 2 unspecified atom stereocenters. The highest BCUT2D eigenvalue weighted by Gasteiger charge is 2.27. The van der Waals surface area contributed by atoms with Gasteiger partial charge in [-0.25, -0.2) is 0 Å². The van der Waals surface area contributed by atoms with Crippen LogP contribution in [0, 0.1) is 6.92 Å². The number of carbonyl (C=O) groups is 1. The molecule has 3 rings (SSSR count). The minimum absolute atomic E-state index is 0.0465. The lowest BCUT2D eigenvalue weighted by molar-refractivity contribution is -0.140. The molecule has 30 heavy (non-hydrogen) atoms. The van der Waals surface area contributed by atoms with Crippen LogP contribution in [0.1, 0.15) is 30.9 Å². The van der Waals surface area contributed by atoms with Gasteiger partial charge in [-0.05, 0) is 68.1 Å². The van der Waals surface area contributed by atoms with Crippen molar-refractivity contribution in [1.29, 1.82) is 0 Å². The van der Waals surface area contributed by atoms with Crippen LogP contribution in [0.4, 0.5) is 5.69 Å². The zero-order chi connectivity index (χ0) is 21.7. The SMILES string of the molecule is Cc1cc(OC(C)C(=O)N(Cc2ccc(N(C)C)cc2)CC2CCCO2)ccc1Cl. The molecule has 1 aliphatic rings. The molecule has 6 heteroatoms. The number of hydrogen-bond donors (Lipinski definition) is 0. The van der Waals surface area contributed by atoms with Crippen molar-refractivity contribution in [2.75, 3.05) is 32.1 Å². The Morgan fingerprint density at radius 1 is 1.23 bits per heavy atom. The molecule has 0 radical (unpaired) electrons. The van der Waals surface area contributed by atoms with Gasteiger partial charge < -0.3 is 19.3 Å². The minimum atomic E-state index is -0.604. The molecular weight excluding hydrogens is 400 g/mol. The largest absolute Gasteiger partial charge is 0.481 e. The normalized spacial score (nSPS) is 16.9. The Bertz CT molecular complexity index is 848. The Labute approximate surface area is 184 Å². The van der Waals surface area contributed by atoms with E-state index in [1.807, 2.05) is 32.0 Å². The van der Waals surface area contributed by atoms with Crippen molar-refractivity contribution in [2.45, 2.75) is 45.4 Å². The predicted molar refractivity (Wildman–Crippen MR) is 121 cm³/mol. The Morgan fingerprint density at radius 2 is 1.97 bits per heavy atom. The quantitative estimate of drug-likeness (QED) is 0.609. The molecule has 0 saturated carbocycles. The fourth-order valence-electron chi connectivity index (χ4n) is 3.59. The summed E-state index contributed by atoms with van der Waals surface area (Å²) in [6.07, 6.45) is 1.50. The highest BCUT2D eigenvalue weighted by molar-refractivity contribution is 6.31. The maximum atomic E-state index is 13.3. The Morgan fingerprint density at radius 3 is 2.57 bits per heavy atom. The number of halogens is 1. The molecule has 2 aromatic carbocycles. The summed E-state index contributed by atoms with van der Waals surface area (Å²) < 4.78 is 11.7. The number of ether oxygens (including phenoxy) is 2. The summed E-state index contributed by atoms with van der Waals surface area (Å²) in [5.41, 5.74) is 3.14. The first-order valence-electron chi connectivity index (χ1n) is 10.4. The molecule has 0 spiro atoms. The van der Waals surface area contributed by atoms with E-state index < -0.39 is 6.10 Å². The minimum Gasteiger partial charge on any atom is -0.481 e. The molecule has 0 bridgehead atoms. The average Bonchev–Trinajstić information content (AvgIpc) is 3.23. The molecule has 1 aliphatic heterocycles. The van der Waals surface area contributed by atoms with Gasteiger partial charge in [-0.3, -0.25) is 4.79 Å². The number of hydrogen-bond acceptors (Lipinski definition) is 4. The van der Waals surface area contributed by atoms with Crippen LogP contribution < -0.4 is 9.64 Å². The van der Waals surface area contributed by atoms with E-state index in [4.69, 9.17) is 21.1 Å². The molecule has 0 N–H and O–H groups in total. The van der Waals surface area contributed by atoms with E-state index in [9.17, 15) is 4.79 Å². The van der Waals surface area contributed by atoms with Crippen LogP contribution >= 0.6 is 11.6 Å². The summed E-state index contributed by atoms with van der Waals surface area (Å²) in [6, 6.07) is 13.7. The lowest BCUT2D eigenvalue weighted by atomic mass is 10.1. The average molecular weight is 431 g/mol. The molecule has 5 nitrogen and oxygen atoms in total. The predicted octanol–water partition coefficient (Wildman–Crippen LogP) is 4.69. The zero-order valence-corrected chi connectivity index (χ0v) is 19.0. The summed E-state index contributed by atoms with van der Waals surface area (Å²) in [7, 11) is 4.03. The van der Waals surface area contributed by atoms with Crippen molar-refractivity contribution in [3.8, 4) is 5.75 Å². The number of rotatable bonds is 8. The number of amides is 1. The van der Waals surface area contributed by atoms with Gasteiger partial charge in [0.05, 0.1) is 6.10 Å². The first-order valence-corrected chi connectivity index (χ1v) is 10.8. The van der Waals surface area contributed by atoms with Crippen LogP contribution in [0.2, 0.25) is 5.02 Å². The van der Waals surface area contributed by atoms with E-state index in [2.05, 4.69) is 29.2 Å². The van der Waals surface area contributed by atoms with Crippen molar-refractivity contribution in [3.05, 3.63) is 58.6 Å². The lowest BCUT2D eigenvalue weighted by Gasteiger charge is -2.28. The summed E-state index contributed by atoms with van der Waals surface area (Å²) in [5.74, 6) is 0.597. The van der Waals surface area contributed by atoms with Gasteiger partial charge in [-0.15, -0.1) is 0 Å². The van der Waals surface area contributed by atoms with E-state index in [1.54, 1.807) is 19.1 Å². The molecule has 1 amide bonds. The Hall–Kier alpha value is -2.24. The van der Waals surface area contributed by atoms with Gasteiger partial charge in [0.25, 0.3) is 5.91 Å². The van der Waals surface area contributed by atoms with Gasteiger partial charge >= 0.3 is 0 Å². The van der Waals surface area contributed by atoms with E-state index in [1.165, 1.54) is 0 Å². The van der Waals surface area contributed by atoms with Gasteiger partial charge in [0.15, 0.2) is 6.10 Å². The third kappa shape index (κ3) is 5.89. The first kappa shape index (κ1) is 22.4. The van der Waals surface area contributed by atoms with Gasteiger partial charge in [-0.2, -0.15) is 0 Å². The molecule has 1 fully saturated rings. The van der Waals surface area contributed by atoms with Crippen molar-refractivity contribution in [2.24, 2.45) is 0 Å². The van der Waals surface area contributed by atoms with Gasteiger partial charge in [0.1, 0.15) is 5.75 Å². The second-order valence-corrected chi connectivity index (χ2v) is 8.49. The number of anilines is 1. The molecular formula is C24H31ClN2O3. The van der Waals surface area contributed by atoms with Gasteiger partial charge in [0.2, 0.25) is 0 Å². The van der Waals surface area contributed by atoms with Crippen LogP contribution in [-0.2, 0) is 16.1 Å². The molecule has 162 valence electrons. The zero-order valence-electron chi connectivity index (χ0n) is 18.2. The fraction of sp³-hybridized carbons (Fsp3) is 0.458. The smallest absolute Gasteiger partial charge is 0.263 e. The number of aryl methyl sites for hydroxylation is 1. The second-order valence-electron chi connectivity index (χ2n) is 8.09. The van der Waals surface area contributed by atoms with Gasteiger partial charge in [-0.1, -0.05) is 23.7 Å². The van der Waals surface area contributed by atoms with Crippen LogP contribution in [-0.4, -0.2) is 50.3 Å². The highest BCUT2D eigenvalue weighted by atomic mass is 35.5. The van der Waals surface area contributed by atoms with E-state index in [0.717, 1.165) is 36.3 Å². The van der Waals surface area contributed by atoms with Crippen molar-refractivity contribution in [1.82, 2.24) is 4.90 Å². The lowest BCUT2D eigenvalue weighted by Crippen LogP contribution is -2.43. The topological polar surface area (TPSA) is 42.0 Å². The van der Waals surface area contributed by atoms with E-state index >= 15 is 0 Å². The first-order chi connectivity index (χ1) is 14.3. The summed E-state index contributed by atoms with van der Waals surface area (Å²) in [4.78, 5) is 17.2. The maximum absolute atomic E-state index is 13.3.